The first-order valence-electron chi connectivity index (χ1n) is 7.18. The van der Waals surface area contributed by atoms with Gasteiger partial charge in [0.1, 0.15) is 0 Å². The second-order valence-electron chi connectivity index (χ2n) is 5.21. The summed E-state index contributed by atoms with van der Waals surface area (Å²) in [5.74, 6) is 0.121. The molecule has 4 heteroatoms. The van der Waals surface area contributed by atoms with Gasteiger partial charge in [0.15, 0.2) is 0 Å². The minimum atomic E-state index is -0.0866. The summed E-state index contributed by atoms with van der Waals surface area (Å²) in [5, 5.41) is 7.45. The Kier molecular flexibility index (Phi) is 3.92. The molecule has 0 saturated carbocycles. The first kappa shape index (κ1) is 13.1. The van der Waals surface area contributed by atoms with E-state index in [1.54, 1.807) is 0 Å². The van der Waals surface area contributed by atoms with Crippen molar-refractivity contribution in [2.45, 2.75) is 31.8 Å². The SMILES string of the molecule is O=C1NCCCCC1NCc1cccc2cccnc12. The number of hydrogen-bond donors (Lipinski definition) is 2. The maximum Gasteiger partial charge on any atom is 0.237 e. The molecule has 1 aromatic carbocycles. The van der Waals surface area contributed by atoms with Gasteiger partial charge in [0.25, 0.3) is 0 Å². The van der Waals surface area contributed by atoms with E-state index in [4.69, 9.17) is 0 Å². The number of para-hydroxylation sites is 1. The number of aromatic nitrogens is 1. The molecule has 1 aliphatic rings. The number of carbonyl (C=O) groups is 1. The molecule has 104 valence electrons. The summed E-state index contributed by atoms with van der Waals surface area (Å²) in [4.78, 5) is 16.4. The Labute approximate surface area is 118 Å². The first-order chi connectivity index (χ1) is 9.84. The van der Waals surface area contributed by atoms with E-state index < -0.39 is 0 Å². The number of amides is 1. The minimum Gasteiger partial charge on any atom is -0.355 e. The average molecular weight is 269 g/mol. The molecule has 20 heavy (non-hydrogen) atoms. The lowest BCUT2D eigenvalue weighted by atomic mass is 10.1. The van der Waals surface area contributed by atoms with Gasteiger partial charge < -0.3 is 10.6 Å². The van der Waals surface area contributed by atoms with E-state index in [0.29, 0.717) is 6.54 Å². The lowest BCUT2D eigenvalue weighted by Crippen LogP contribution is -2.42. The topological polar surface area (TPSA) is 54.0 Å². The van der Waals surface area contributed by atoms with Crippen LogP contribution in [0.25, 0.3) is 10.9 Å². The summed E-state index contributed by atoms with van der Waals surface area (Å²) in [6, 6.07) is 10.1. The Balaban J connectivity index is 1.75. The molecule has 0 radical (unpaired) electrons. The molecule has 3 rings (SSSR count). The summed E-state index contributed by atoms with van der Waals surface area (Å²) >= 11 is 0. The number of fused-ring (bicyclic) bond motifs is 1. The van der Waals surface area contributed by atoms with Gasteiger partial charge in [-0.1, -0.05) is 24.3 Å². The fourth-order valence-electron chi connectivity index (χ4n) is 2.68. The molecule has 1 saturated heterocycles. The van der Waals surface area contributed by atoms with Crippen LogP contribution in [0.1, 0.15) is 24.8 Å². The highest BCUT2D eigenvalue weighted by Gasteiger charge is 2.19. The van der Waals surface area contributed by atoms with E-state index in [1.807, 2.05) is 18.3 Å². The first-order valence-corrected chi connectivity index (χ1v) is 7.18. The molecule has 0 bridgehead atoms. The van der Waals surface area contributed by atoms with Gasteiger partial charge >= 0.3 is 0 Å². The van der Waals surface area contributed by atoms with Gasteiger partial charge in [0.05, 0.1) is 11.6 Å². The second-order valence-corrected chi connectivity index (χ2v) is 5.21. The van der Waals surface area contributed by atoms with Crippen LogP contribution >= 0.6 is 0 Å². The van der Waals surface area contributed by atoms with Crippen molar-refractivity contribution in [3.05, 3.63) is 42.1 Å². The van der Waals surface area contributed by atoms with Crippen LogP contribution in [0.3, 0.4) is 0 Å². The largest absolute Gasteiger partial charge is 0.355 e. The fraction of sp³-hybridized carbons (Fsp3) is 0.375. The van der Waals surface area contributed by atoms with E-state index in [1.165, 1.54) is 0 Å². The van der Waals surface area contributed by atoms with Gasteiger partial charge in [-0.05, 0) is 30.9 Å². The fourth-order valence-corrected chi connectivity index (χ4v) is 2.68. The van der Waals surface area contributed by atoms with Crippen molar-refractivity contribution in [3.8, 4) is 0 Å². The van der Waals surface area contributed by atoms with E-state index in [9.17, 15) is 4.79 Å². The van der Waals surface area contributed by atoms with Crippen LogP contribution in [0.2, 0.25) is 0 Å². The van der Waals surface area contributed by atoms with Gasteiger partial charge in [-0.25, -0.2) is 0 Å². The highest BCUT2D eigenvalue weighted by atomic mass is 16.2. The third-order valence-corrected chi connectivity index (χ3v) is 3.79. The van der Waals surface area contributed by atoms with Crippen molar-refractivity contribution < 1.29 is 4.79 Å². The lowest BCUT2D eigenvalue weighted by Gasteiger charge is -2.15. The van der Waals surface area contributed by atoms with Crippen molar-refractivity contribution in [3.63, 3.8) is 0 Å². The van der Waals surface area contributed by atoms with Gasteiger partial charge in [-0.2, -0.15) is 0 Å². The van der Waals surface area contributed by atoms with Crippen LogP contribution in [0.5, 0.6) is 0 Å². The summed E-state index contributed by atoms with van der Waals surface area (Å²) in [7, 11) is 0. The second kappa shape index (κ2) is 6.01. The normalized spacial score (nSPS) is 19.6. The Morgan fingerprint density at radius 1 is 1.25 bits per heavy atom. The van der Waals surface area contributed by atoms with Crippen LogP contribution in [-0.4, -0.2) is 23.5 Å². The molecule has 1 aliphatic heterocycles. The van der Waals surface area contributed by atoms with Crippen molar-refractivity contribution in [2.24, 2.45) is 0 Å². The molecule has 1 amide bonds. The number of nitrogens with zero attached hydrogens (tertiary/aromatic N) is 1. The number of benzene rings is 1. The van der Waals surface area contributed by atoms with Crippen molar-refractivity contribution in [1.29, 1.82) is 0 Å². The Morgan fingerprint density at radius 3 is 3.10 bits per heavy atom. The smallest absolute Gasteiger partial charge is 0.237 e. The Bertz CT molecular complexity index is 606. The molecule has 0 aliphatic carbocycles. The summed E-state index contributed by atoms with van der Waals surface area (Å²) in [5.41, 5.74) is 2.15. The van der Waals surface area contributed by atoms with Crippen LogP contribution in [-0.2, 0) is 11.3 Å². The maximum absolute atomic E-state index is 11.9. The molecule has 1 aromatic heterocycles. The molecule has 2 aromatic rings. The van der Waals surface area contributed by atoms with Gasteiger partial charge in [-0.15, -0.1) is 0 Å². The number of hydrogen-bond acceptors (Lipinski definition) is 3. The quantitative estimate of drug-likeness (QED) is 0.896. The van der Waals surface area contributed by atoms with Crippen LogP contribution in [0.4, 0.5) is 0 Å². The number of pyridine rings is 1. The standard InChI is InChI=1S/C16H19N3O/c20-16-14(8-1-2-9-18-16)19-11-13-6-3-5-12-7-4-10-17-15(12)13/h3-7,10,14,19H,1-2,8-9,11H2,(H,18,20). The molecule has 1 unspecified atom stereocenters. The Morgan fingerprint density at radius 2 is 2.15 bits per heavy atom. The molecule has 1 fully saturated rings. The lowest BCUT2D eigenvalue weighted by molar-refractivity contribution is -0.122. The molecule has 2 heterocycles. The third-order valence-electron chi connectivity index (χ3n) is 3.79. The molecule has 4 nitrogen and oxygen atoms in total. The van der Waals surface area contributed by atoms with Crippen LogP contribution in [0.15, 0.2) is 36.5 Å². The summed E-state index contributed by atoms with van der Waals surface area (Å²) < 4.78 is 0. The van der Waals surface area contributed by atoms with Crippen LogP contribution in [0, 0.1) is 0 Å². The highest BCUT2D eigenvalue weighted by molar-refractivity contribution is 5.83. The zero-order valence-corrected chi connectivity index (χ0v) is 11.4. The van der Waals surface area contributed by atoms with E-state index in [2.05, 4.69) is 33.8 Å². The van der Waals surface area contributed by atoms with Crippen molar-refractivity contribution >= 4 is 16.8 Å². The number of rotatable bonds is 3. The van der Waals surface area contributed by atoms with Crippen LogP contribution < -0.4 is 10.6 Å². The molecule has 0 spiro atoms. The molecule has 2 N–H and O–H groups in total. The molecular formula is C16H19N3O. The van der Waals surface area contributed by atoms with E-state index >= 15 is 0 Å². The molecule has 1 atom stereocenters. The maximum atomic E-state index is 11.9. The van der Waals surface area contributed by atoms with Crippen molar-refractivity contribution in [2.75, 3.05) is 6.54 Å². The average Bonchev–Trinajstić information content (AvgIpc) is 2.69. The highest BCUT2D eigenvalue weighted by Crippen LogP contribution is 2.16. The van der Waals surface area contributed by atoms with E-state index in [0.717, 1.165) is 42.3 Å². The Hall–Kier alpha value is -1.94. The summed E-state index contributed by atoms with van der Waals surface area (Å²) in [6.07, 6.45) is 4.87. The van der Waals surface area contributed by atoms with Crippen molar-refractivity contribution in [1.82, 2.24) is 15.6 Å². The van der Waals surface area contributed by atoms with E-state index in [-0.39, 0.29) is 11.9 Å². The third kappa shape index (κ3) is 2.80. The summed E-state index contributed by atoms with van der Waals surface area (Å²) in [6.45, 7) is 1.47. The zero-order valence-electron chi connectivity index (χ0n) is 11.4. The number of carbonyl (C=O) groups excluding carboxylic acids is 1. The predicted molar refractivity (Wildman–Crippen MR) is 79.2 cm³/mol. The minimum absolute atomic E-state index is 0.0866. The van der Waals surface area contributed by atoms with Gasteiger partial charge in [0.2, 0.25) is 5.91 Å². The zero-order chi connectivity index (χ0) is 13.8. The van der Waals surface area contributed by atoms with Gasteiger partial charge in [0, 0.05) is 24.7 Å². The molecular weight excluding hydrogens is 250 g/mol. The number of nitrogens with one attached hydrogen (secondary N) is 2. The predicted octanol–water partition coefficient (Wildman–Crippen LogP) is 1.99. The van der Waals surface area contributed by atoms with Gasteiger partial charge in [-0.3, -0.25) is 9.78 Å². The monoisotopic (exact) mass is 269 g/mol.